The van der Waals surface area contributed by atoms with Crippen molar-refractivity contribution in [2.24, 2.45) is 23.7 Å². The first-order valence-corrected chi connectivity index (χ1v) is 5.54. The van der Waals surface area contributed by atoms with Gasteiger partial charge in [-0.3, -0.25) is 14.4 Å². The molecule has 16 heavy (non-hydrogen) atoms. The molecule has 3 rings (SSSR count). The number of ketones is 2. The van der Waals surface area contributed by atoms with Crippen LogP contribution in [0, 0.1) is 23.7 Å². The van der Waals surface area contributed by atoms with Gasteiger partial charge in [-0.05, 0) is 12.8 Å². The number of carbonyl (C=O) groups excluding carboxylic acids is 3. The molecule has 1 heterocycles. The normalized spacial score (nSPS) is 42.0. The topological polar surface area (TPSA) is 60.4 Å². The van der Waals surface area contributed by atoms with Crippen LogP contribution in [0.1, 0.15) is 19.3 Å². The Morgan fingerprint density at radius 3 is 2.12 bits per heavy atom. The molecule has 0 radical (unpaired) electrons. The Morgan fingerprint density at radius 2 is 1.50 bits per heavy atom. The van der Waals surface area contributed by atoms with Crippen LogP contribution in [0.5, 0.6) is 0 Å². The molecular weight excluding hydrogens is 208 g/mol. The fourth-order valence-electron chi connectivity index (χ4n) is 3.25. The Kier molecular flexibility index (Phi) is 1.85. The van der Waals surface area contributed by atoms with Crippen LogP contribution < -0.4 is 0 Å². The summed E-state index contributed by atoms with van der Waals surface area (Å²) in [6.45, 7) is 3.71. The Morgan fingerprint density at radius 1 is 0.938 bits per heavy atom. The second kappa shape index (κ2) is 3.03. The van der Waals surface area contributed by atoms with Crippen LogP contribution in [0.4, 0.5) is 0 Å². The van der Waals surface area contributed by atoms with Gasteiger partial charge in [-0.1, -0.05) is 6.58 Å². The number of hydrogen-bond acceptors (Lipinski definition) is 4. The molecule has 0 bridgehead atoms. The number of allylic oxidation sites excluding steroid dienone is 1. The van der Waals surface area contributed by atoms with E-state index in [0.29, 0.717) is 18.6 Å². The summed E-state index contributed by atoms with van der Waals surface area (Å²) < 4.78 is 4.99. The van der Waals surface area contributed by atoms with E-state index >= 15 is 0 Å². The van der Waals surface area contributed by atoms with Gasteiger partial charge >= 0.3 is 5.97 Å². The fraction of sp³-hybridized carbons (Fsp3) is 0.583. The first-order valence-electron chi connectivity index (χ1n) is 5.54. The van der Waals surface area contributed by atoms with Gasteiger partial charge in [0.05, 0.1) is 12.3 Å². The highest BCUT2D eigenvalue weighted by Gasteiger charge is 2.54. The molecule has 1 saturated heterocycles. The third-order valence-electron chi connectivity index (χ3n) is 4.11. The Balaban J connectivity index is 1.92. The third kappa shape index (κ3) is 1.13. The van der Waals surface area contributed by atoms with E-state index < -0.39 is 0 Å². The average Bonchev–Trinajstić information content (AvgIpc) is 2.67. The maximum absolute atomic E-state index is 11.6. The molecule has 84 valence electrons. The monoisotopic (exact) mass is 220 g/mol. The first-order chi connectivity index (χ1) is 7.58. The molecule has 0 spiro atoms. The lowest BCUT2D eigenvalue weighted by Crippen LogP contribution is -2.33. The summed E-state index contributed by atoms with van der Waals surface area (Å²) in [7, 11) is 0. The summed E-state index contributed by atoms with van der Waals surface area (Å²) in [6, 6.07) is 0. The molecule has 3 fully saturated rings. The minimum atomic E-state index is -0.277. The van der Waals surface area contributed by atoms with Crippen LogP contribution in [0.25, 0.3) is 0 Å². The highest BCUT2D eigenvalue weighted by Crippen LogP contribution is 2.49. The van der Waals surface area contributed by atoms with Crippen molar-refractivity contribution < 1.29 is 19.1 Å². The summed E-state index contributed by atoms with van der Waals surface area (Å²) in [6.07, 6.45) is 1.08. The Labute approximate surface area is 92.6 Å². The lowest BCUT2D eigenvalue weighted by Gasteiger charge is -2.29. The number of carbonyl (C=O) groups is 3. The minimum absolute atomic E-state index is 0.00115. The number of Topliss-reactive ketones (excluding diaryl/α,β-unsaturated/α-hetero) is 2. The van der Waals surface area contributed by atoms with Gasteiger partial charge in [-0.15, -0.1) is 0 Å². The minimum Gasteiger partial charge on any atom is -0.431 e. The molecule has 2 saturated carbocycles. The van der Waals surface area contributed by atoms with Crippen molar-refractivity contribution in [3.63, 3.8) is 0 Å². The van der Waals surface area contributed by atoms with E-state index in [9.17, 15) is 14.4 Å². The van der Waals surface area contributed by atoms with Crippen molar-refractivity contribution in [2.45, 2.75) is 19.3 Å². The Hall–Kier alpha value is -1.45. The summed E-state index contributed by atoms with van der Waals surface area (Å²) in [5.74, 6) is -0.514. The van der Waals surface area contributed by atoms with Crippen LogP contribution in [0.3, 0.4) is 0 Å². The third-order valence-corrected chi connectivity index (χ3v) is 4.11. The molecule has 4 unspecified atom stereocenters. The van der Waals surface area contributed by atoms with Crippen LogP contribution >= 0.6 is 0 Å². The van der Waals surface area contributed by atoms with Gasteiger partial charge in [-0.2, -0.15) is 0 Å². The van der Waals surface area contributed by atoms with E-state index in [1.807, 2.05) is 0 Å². The quantitative estimate of drug-likeness (QED) is 0.448. The summed E-state index contributed by atoms with van der Waals surface area (Å²) in [5, 5.41) is 0. The van der Waals surface area contributed by atoms with Crippen molar-refractivity contribution >= 4 is 17.5 Å². The van der Waals surface area contributed by atoms with Crippen LogP contribution in [-0.4, -0.2) is 17.5 Å². The Bertz CT molecular complexity index is 347. The highest BCUT2D eigenvalue weighted by atomic mass is 16.5. The number of fused-ring (bicyclic) bond motifs is 2. The first kappa shape index (κ1) is 9.75. The maximum Gasteiger partial charge on any atom is 0.314 e. The van der Waals surface area contributed by atoms with Gasteiger partial charge < -0.3 is 4.74 Å². The zero-order chi connectivity index (χ0) is 11.4. The van der Waals surface area contributed by atoms with Crippen LogP contribution in [-0.2, 0) is 19.1 Å². The van der Waals surface area contributed by atoms with Crippen LogP contribution in [0.15, 0.2) is 12.3 Å². The SMILES string of the molecule is C=C1OC(=O)C2CC3C(=O)CC(=O)C3CC12. The molecule has 4 heteroatoms. The summed E-state index contributed by atoms with van der Waals surface area (Å²) >= 11 is 0. The van der Waals surface area contributed by atoms with Crippen molar-refractivity contribution in [1.29, 1.82) is 0 Å². The number of rotatable bonds is 0. The van der Waals surface area contributed by atoms with E-state index in [1.54, 1.807) is 0 Å². The van der Waals surface area contributed by atoms with Crippen LogP contribution in [0.2, 0.25) is 0 Å². The predicted molar refractivity (Wildman–Crippen MR) is 53.1 cm³/mol. The zero-order valence-corrected chi connectivity index (χ0v) is 8.77. The standard InChI is InChI=1S/C12H12O4/c1-5-6-2-7-8(11(14)4-10(7)13)3-9(6)12(15)16-5/h6-9H,1-4H2. The molecule has 4 nitrogen and oxygen atoms in total. The van der Waals surface area contributed by atoms with Gasteiger partial charge in [0.2, 0.25) is 0 Å². The number of ether oxygens (including phenoxy) is 1. The maximum atomic E-state index is 11.6. The average molecular weight is 220 g/mol. The van der Waals surface area contributed by atoms with Crippen molar-refractivity contribution in [3.05, 3.63) is 12.3 Å². The van der Waals surface area contributed by atoms with Gasteiger partial charge in [-0.25, -0.2) is 0 Å². The lowest BCUT2D eigenvalue weighted by molar-refractivity contribution is -0.141. The van der Waals surface area contributed by atoms with Crippen molar-refractivity contribution in [1.82, 2.24) is 0 Å². The van der Waals surface area contributed by atoms with E-state index in [1.165, 1.54) is 0 Å². The molecule has 0 aromatic rings. The number of esters is 1. The smallest absolute Gasteiger partial charge is 0.314 e. The van der Waals surface area contributed by atoms with Gasteiger partial charge in [0.25, 0.3) is 0 Å². The molecule has 0 amide bonds. The summed E-state index contributed by atoms with van der Waals surface area (Å²) in [4.78, 5) is 34.7. The molecule has 0 N–H and O–H groups in total. The molecule has 0 aromatic carbocycles. The molecule has 2 aliphatic carbocycles. The van der Waals surface area contributed by atoms with E-state index in [0.717, 1.165) is 0 Å². The van der Waals surface area contributed by atoms with Crippen molar-refractivity contribution in [3.8, 4) is 0 Å². The van der Waals surface area contributed by atoms with Crippen molar-refractivity contribution in [2.75, 3.05) is 0 Å². The van der Waals surface area contributed by atoms with Gasteiger partial charge in [0, 0.05) is 17.8 Å². The molecule has 4 atom stereocenters. The fourth-order valence-corrected chi connectivity index (χ4v) is 3.25. The van der Waals surface area contributed by atoms with E-state index in [2.05, 4.69) is 6.58 Å². The number of cyclic esters (lactones) is 1. The molecular formula is C12H12O4. The molecule has 1 aliphatic heterocycles. The second-order valence-corrected chi connectivity index (χ2v) is 4.89. The second-order valence-electron chi connectivity index (χ2n) is 4.89. The van der Waals surface area contributed by atoms with E-state index in [4.69, 9.17) is 4.74 Å². The summed E-state index contributed by atoms with van der Waals surface area (Å²) in [5.41, 5.74) is 0. The number of hydrogen-bond donors (Lipinski definition) is 0. The van der Waals surface area contributed by atoms with E-state index in [-0.39, 0.29) is 47.6 Å². The largest absolute Gasteiger partial charge is 0.431 e. The molecule has 0 aromatic heterocycles. The van der Waals surface area contributed by atoms with Gasteiger partial charge in [0.15, 0.2) is 0 Å². The van der Waals surface area contributed by atoms with Gasteiger partial charge in [0.1, 0.15) is 17.3 Å². The molecule has 3 aliphatic rings. The lowest BCUT2D eigenvalue weighted by atomic mass is 9.70. The highest BCUT2D eigenvalue weighted by molar-refractivity contribution is 6.09. The zero-order valence-electron chi connectivity index (χ0n) is 8.77. The predicted octanol–water partition coefficient (Wildman–Crippen LogP) is 0.857.